The zero-order valence-corrected chi connectivity index (χ0v) is 10.8. The van der Waals surface area contributed by atoms with Crippen LogP contribution in [0.4, 0.5) is 0 Å². The maximum absolute atomic E-state index is 9.20. The van der Waals surface area contributed by atoms with Crippen molar-refractivity contribution < 1.29 is 5.11 Å². The molecule has 1 nitrogen and oxygen atoms in total. The molecular weight excluding hydrogens is 172 g/mol. The number of hydrogen-bond acceptors (Lipinski definition) is 1. The fourth-order valence-corrected chi connectivity index (χ4v) is 0.885. The van der Waals surface area contributed by atoms with E-state index in [0.717, 1.165) is 18.8 Å². The molecule has 0 spiro atoms. The second-order valence-corrected chi connectivity index (χ2v) is 4.15. The van der Waals surface area contributed by atoms with Gasteiger partial charge in [0.25, 0.3) is 0 Å². The maximum atomic E-state index is 9.20. The van der Waals surface area contributed by atoms with E-state index in [0.29, 0.717) is 0 Å². The average molecular weight is 202 g/mol. The summed E-state index contributed by atoms with van der Waals surface area (Å²) in [6.45, 7) is 10.8. The quantitative estimate of drug-likeness (QED) is 0.677. The summed E-state index contributed by atoms with van der Waals surface area (Å²) in [5, 5.41) is 9.20. The van der Waals surface area contributed by atoms with Gasteiger partial charge >= 0.3 is 0 Å². The molecule has 0 aromatic heterocycles. The van der Waals surface area contributed by atoms with E-state index in [1.54, 1.807) is 0 Å². The van der Waals surface area contributed by atoms with Gasteiger partial charge in [0.1, 0.15) is 0 Å². The van der Waals surface area contributed by atoms with Crippen LogP contribution in [0, 0.1) is 5.92 Å². The Kier molecular flexibility index (Phi) is 15.2. The topological polar surface area (TPSA) is 20.2 Å². The SMILES string of the molecule is CCC(C)CCC(O)CC.CCCC. The lowest BCUT2D eigenvalue weighted by molar-refractivity contribution is 0.151. The minimum atomic E-state index is -0.0611. The number of unbranched alkanes of at least 4 members (excludes halogenated alkanes) is 1. The van der Waals surface area contributed by atoms with Crippen molar-refractivity contribution in [2.24, 2.45) is 5.92 Å². The summed E-state index contributed by atoms with van der Waals surface area (Å²) < 4.78 is 0. The summed E-state index contributed by atoms with van der Waals surface area (Å²) in [7, 11) is 0. The van der Waals surface area contributed by atoms with E-state index in [9.17, 15) is 5.11 Å². The van der Waals surface area contributed by atoms with Crippen LogP contribution in [0.15, 0.2) is 0 Å². The molecule has 0 amide bonds. The minimum Gasteiger partial charge on any atom is -0.393 e. The van der Waals surface area contributed by atoms with Crippen LogP contribution in [0.3, 0.4) is 0 Å². The summed E-state index contributed by atoms with van der Waals surface area (Å²) in [4.78, 5) is 0. The molecule has 2 unspecified atom stereocenters. The monoisotopic (exact) mass is 202 g/mol. The predicted octanol–water partition coefficient (Wildman–Crippen LogP) is 4.39. The Hall–Kier alpha value is -0.0400. The van der Waals surface area contributed by atoms with Crippen LogP contribution in [0.2, 0.25) is 0 Å². The van der Waals surface area contributed by atoms with Crippen molar-refractivity contribution in [3.8, 4) is 0 Å². The van der Waals surface area contributed by atoms with Gasteiger partial charge in [-0.05, 0) is 25.2 Å². The molecule has 0 fully saturated rings. The van der Waals surface area contributed by atoms with E-state index in [2.05, 4.69) is 27.7 Å². The van der Waals surface area contributed by atoms with Crippen molar-refractivity contribution in [2.45, 2.75) is 79.2 Å². The minimum absolute atomic E-state index is 0.0611. The van der Waals surface area contributed by atoms with Crippen LogP contribution in [0.25, 0.3) is 0 Å². The molecule has 14 heavy (non-hydrogen) atoms. The first kappa shape index (κ1) is 16.4. The third-order valence-corrected chi connectivity index (χ3v) is 2.66. The fraction of sp³-hybridized carbons (Fsp3) is 1.00. The molecule has 0 rings (SSSR count). The van der Waals surface area contributed by atoms with Gasteiger partial charge in [-0.3, -0.25) is 0 Å². The zero-order chi connectivity index (χ0) is 11.4. The van der Waals surface area contributed by atoms with E-state index in [-0.39, 0.29) is 6.10 Å². The third kappa shape index (κ3) is 14.5. The third-order valence-electron chi connectivity index (χ3n) is 2.66. The van der Waals surface area contributed by atoms with Crippen LogP contribution in [-0.2, 0) is 0 Å². The van der Waals surface area contributed by atoms with Crippen molar-refractivity contribution >= 4 is 0 Å². The van der Waals surface area contributed by atoms with Crippen LogP contribution >= 0.6 is 0 Å². The highest BCUT2D eigenvalue weighted by Crippen LogP contribution is 2.12. The average Bonchev–Trinajstić information content (AvgIpc) is 2.25. The molecule has 0 aliphatic rings. The van der Waals surface area contributed by atoms with Crippen LogP contribution in [0.1, 0.15) is 73.1 Å². The van der Waals surface area contributed by atoms with Crippen molar-refractivity contribution in [1.82, 2.24) is 0 Å². The molecule has 0 aliphatic carbocycles. The summed E-state index contributed by atoms with van der Waals surface area (Å²) in [6.07, 6.45) is 6.86. The summed E-state index contributed by atoms with van der Waals surface area (Å²) in [6, 6.07) is 0. The number of hydrogen-bond donors (Lipinski definition) is 1. The van der Waals surface area contributed by atoms with Gasteiger partial charge in [0, 0.05) is 0 Å². The smallest absolute Gasteiger partial charge is 0.0537 e. The molecule has 0 heterocycles. The Balaban J connectivity index is 0. The molecule has 2 atom stereocenters. The first-order chi connectivity index (χ1) is 6.62. The summed E-state index contributed by atoms with van der Waals surface area (Å²) in [5.74, 6) is 0.779. The normalized spacial score (nSPS) is 14.1. The first-order valence-electron chi connectivity index (χ1n) is 6.30. The summed E-state index contributed by atoms with van der Waals surface area (Å²) >= 11 is 0. The molecular formula is C13H30O. The van der Waals surface area contributed by atoms with Gasteiger partial charge in [-0.25, -0.2) is 0 Å². The van der Waals surface area contributed by atoms with Gasteiger partial charge < -0.3 is 5.11 Å². The molecule has 88 valence electrons. The van der Waals surface area contributed by atoms with Crippen molar-refractivity contribution in [3.63, 3.8) is 0 Å². The van der Waals surface area contributed by atoms with Crippen molar-refractivity contribution in [1.29, 1.82) is 0 Å². The standard InChI is InChI=1S/C9H20O.C4H10/c1-4-8(3)6-7-9(10)5-2;1-3-4-2/h8-10H,4-7H2,1-3H3;3-4H2,1-2H3. The molecule has 1 heteroatoms. The predicted molar refractivity (Wildman–Crippen MR) is 65.6 cm³/mol. The Labute approximate surface area is 90.9 Å². The van der Waals surface area contributed by atoms with E-state index < -0.39 is 0 Å². The van der Waals surface area contributed by atoms with Gasteiger partial charge in [-0.15, -0.1) is 0 Å². The largest absolute Gasteiger partial charge is 0.393 e. The van der Waals surface area contributed by atoms with Crippen molar-refractivity contribution in [3.05, 3.63) is 0 Å². The molecule has 0 aromatic carbocycles. The Morgan fingerprint density at radius 2 is 1.36 bits per heavy atom. The molecule has 0 bridgehead atoms. The van der Waals surface area contributed by atoms with Crippen molar-refractivity contribution in [2.75, 3.05) is 0 Å². The van der Waals surface area contributed by atoms with E-state index >= 15 is 0 Å². The lowest BCUT2D eigenvalue weighted by atomic mass is 10.00. The van der Waals surface area contributed by atoms with E-state index in [1.807, 2.05) is 6.92 Å². The highest BCUT2D eigenvalue weighted by atomic mass is 16.3. The number of aliphatic hydroxyl groups excluding tert-OH is 1. The summed E-state index contributed by atoms with van der Waals surface area (Å²) in [5.41, 5.74) is 0. The molecule has 0 aromatic rings. The van der Waals surface area contributed by atoms with E-state index in [1.165, 1.54) is 25.7 Å². The first-order valence-corrected chi connectivity index (χ1v) is 6.30. The van der Waals surface area contributed by atoms with Gasteiger partial charge in [0.2, 0.25) is 0 Å². The second-order valence-electron chi connectivity index (χ2n) is 4.15. The Morgan fingerprint density at radius 1 is 0.857 bits per heavy atom. The van der Waals surface area contributed by atoms with Gasteiger partial charge in [0.05, 0.1) is 6.10 Å². The van der Waals surface area contributed by atoms with Gasteiger partial charge in [0.15, 0.2) is 0 Å². The van der Waals surface area contributed by atoms with Crippen LogP contribution in [-0.4, -0.2) is 11.2 Å². The Morgan fingerprint density at radius 3 is 1.64 bits per heavy atom. The zero-order valence-electron chi connectivity index (χ0n) is 10.8. The van der Waals surface area contributed by atoms with Crippen LogP contribution < -0.4 is 0 Å². The van der Waals surface area contributed by atoms with E-state index in [4.69, 9.17) is 0 Å². The lowest BCUT2D eigenvalue weighted by Crippen LogP contribution is -2.06. The maximum Gasteiger partial charge on any atom is 0.0537 e. The number of aliphatic hydroxyl groups is 1. The highest BCUT2D eigenvalue weighted by Gasteiger charge is 2.03. The molecule has 0 saturated heterocycles. The van der Waals surface area contributed by atoms with Crippen LogP contribution in [0.5, 0.6) is 0 Å². The highest BCUT2D eigenvalue weighted by molar-refractivity contribution is 4.56. The van der Waals surface area contributed by atoms with Gasteiger partial charge in [-0.2, -0.15) is 0 Å². The molecule has 0 saturated carbocycles. The lowest BCUT2D eigenvalue weighted by Gasteiger charge is -2.10. The number of rotatable bonds is 6. The Bertz CT molecular complexity index is 79.2. The molecule has 1 N–H and O–H groups in total. The molecule has 0 aliphatic heterocycles. The van der Waals surface area contributed by atoms with Gasteiger partial charge in [-0.1, -0.05) is 53.9 Å². The second kappa shape index (κ2) is 13.0. The molecule has 0 radical (unpaired) electrons. The fourth-order valence-electron chi connectivity index (χ4n) is 0.885.